The number of β-amino-alcohol motifs (C(OH)–C–C–N with tert-alkyl or cyclic N) is 1. The van der Waals surface area contributed by atoms with E-state index in [-0.39, 0.29) is 18.4 Å². The monoisotopic (exact) mass is 653 g/mol. The summed E-state index contributed by atoms with van der Waals surface area (Å²) in [5.41, 5.74) is 3.31. The molecule has 44 heavy (non-hydrogen) atoms. The summed E-state index contributed by atoms with van der Waals surface area (Å²) in [5.74, 6) is -0.233. The first-order chi connectivity index (χ1) is 20.9. The van der Waals surface area contributed by atoms with Crippen LogP contribution in [0.1, 0.15) is 33.2 Å². The third-order valence-corrected chi connectivity index (χ3v) is 8.48. The molecule has 0 saturated carbocycles. The largest absolute Gasteiger partial charge is 0.444 e. The van der Waals surface area contributed by atoms with Gasteiger partial charge in [-0.1, -0.05) is 34.8 Å². The molecule has 6 nitrogen and oxygen atoms in total. The maximum Gasteiger partial charge on any atom is 0.410 e. The van der Waals surface area contributed by atoms with Gasteiger partial charge in [0.1, 0.15) is 11.4 Å². The molecule has 4 aromatic carbocycles. The van der Waals surface area contributed by atoms with Crippen molar-refractivity contribution in [2.75, 3.05) is 13.1 Å². The lowest BCUT2D eigenvalue weighted by Gasteiger charge is -2.37. The second-order valence-corrected chi connectivity index (χ2v) is 13.4. The number of likely N-dealkylation sites (tertiary alicyclic amines) is 1. The fraction of sp³-hybridized carbons (Fsp3) is 0.265. The van der Waals surface area contributed by atoms with Crippen LogP contribution in [0.4, 0.5) is 9.18 Å². The van der Waals surface area contributed by atoms with E-state index in [1.165, 1.54) is 12.1 Å². The van der Waals surface area contributed by atoms with Crippen LogP contribution in [-0.4, -0.2) is 50.4 Å². The van der Waals surface area contributed by atoms with E-state index in [2.05, 4.69) is 9.55 Å². The Morgan fingerprint density at radius 3 is 1.93 bits per heavy atom. The van der Waals surface area contributed by atoms with Crippen LogP contribution in [0.15, 0.2) is 72.8 Å². The highest BCUT2D eigenvalue weighted by Crippen LogP contribution is 2.38. The molecular formula is C34H31Cl3FN3O3. The van der Waals surface area contributed by atoms with Crippen LogP contribution in [0.5, 0.6) is 0 Å². The van der Waals surface area contributed by atoms with Crippen LogP contribution in [0, 0.1) is 5.82 Å². The molecule has 0 aliphatic carbocycles. The highest BCUT2D eigenvalue weighted by Gasteiger charge is 2.34. The normalized spacial score (nSPS) is 17.3. The minimum absolute atomic E-state index is 0.170. The molecule has 0 spiro atoms. The molecule has 1 aliphatic heterocycles. The number of aliphatic hydroxyl groups is 1. The SMILES string of the molecule is CC(C)(C)OC(=O)N1CC[C@H](n2c3ccc(Cl)cc3c3cc(Cl)ccc32)[C@@H](O)C1.Fc1ccc2[nH]c3ccc(Cl)cc3c2c1. The molecule has 1 amide bonds. The predicted octanol–water partition coefficient (Wildman–Crippen LogP) is 9.76. The first kappa shape index (κ1) is 30.5. The van der Waals surface area contributed by atoms with Crippen molar-refractivity contribution in [2.24, 2.45) is 0 Å². The number of aromatic amines is 1. The molecule has 2 N–H and O–H groups in total. The summed E-state index contributed by atoms with van der Waals surface area (Å²) >= 11 is 18.4. The zero-order valence-electron chi connectivity index (χ0n) is 24.4. The van der Waals surface area contributed by atoms with Crippen LogP contribution in [-0.2, 0) is 4.74 Å². The third-order valence-electron chi connectivity index (χ3n) is 7.78. The quantitative estimate of drug-likeness (QED) is 0.185. The Hall–Kier alpha value is -3.49. The van der Waals surface area contributed by atoms with Crippen molar-refractivity contribution >= 4 is 84.5 Å². The van der Waals surface area contributed by atoms with Crippen LogP contribution < -0.4 is 0 Å². The molecule has 0 bridgehead atoms. The number of halogens is 4. The van der Waals surface area contributed by atoms with Gasteiger partial charge in [0, 0.05) is 65.2 Å². The number of H-pyrrole nitrogens is 1. The molecule has 2 atom stereocenters. The Kier molecular flexibility index (Phi) is 8.18. The van der Waals surface area contributed by atoms with Gasteiger partial charge in [0.25, 0.3) is 0 Å². The van der Waals surface area contributed by atoms with Crippen LogP contribution in [0.2, 0.25) is 15.1 Å². The van der Waals surface area contributed by atoms with Crippen LogP contribution in [0.25, 0.3) is 43.6 Å². The number of carbonyl (C=O) groups excluding carboxylic acids is 1. The molecular weight excluding hydrogens is 624 g/mol. The molecule has 7 rings (SSSR count). The molecule has 6 aromatic rings. The Bertz CT molecular complexity index is 1920. The van der Waals surface area contributed by atoms with Gasteiger partial charge in [0.15, 0.2) is 0 Å². The molecule has 0 radical (unpaired) electrons. The number of hydrogen-bond acceptors (Lipinski definition) is 3. The van der Waals surface area contributed by atoms with Gasteiger partial charge in [0.2, 0.25) is 0 Å². The maximum absolute atomic E-state index is 13.1. The minimum atomic E-state index is -0.721. The lowest BCUT2D eigenvalue weighted by atomic mass is 10.0. The number of aliphatic hydroxyl groups excluding tert-OH is 1. The van der Waals surface area contributed by atoms with Gasteiger partial charge in [-0.15, -0.1) is 0 Å². The number of benzene rings is 4. The lowest BCUT2D eigenvalue weighted by molar-refractivity contribution is -0.00880. The van der Waals surface area contributed by atoms with Gasteiger partial charge in [-0.2, -0.15) is 0 Å². The molecule has 10 heteroatoms. The van der Waals surface area contributed by atoms with Gasteiger partial charge < -0.3 is 24.3 Å². The van der Waals surface area contributed by atoms with E-state index in [0.717, 1.165) is 43.6 Å². The zero-order valence-corrected chi connectivity index (χ0v) is 26.6. The van der Waals surface area contributed by atoms with Gasteiger partial charge in [0.05, 0.1) is 18.7 Å². The smallest absolute Gasteiger partial charge is 0.410 e. The number of hydrogen-bond donors (Lipinski definition) is 2. The highest BCUT2D eigenvalue weighted by atomic mass is 35.5. The second-order valence-electron chi connectivity index (χ2n) is 12.0. The van der Waals surface area contributed by atoms with E-state index < -0.39 is 17.8 Å². The van der Waals surface area contributed by atoms with Crippen molar-refractivity contribution in [2.45, 2.75) is 44.9 Å². The lowest BCUT2D eigenvalue weighted by Crippen LogP contribution is -2.48. The number of amides is 1. The van der Waals surface area contributed by atoms with Crippen molar-refractivity contribution in [3.05, 3.63) is 93.7 Å². The summed E-state index contributed by atoms with van der Waals surface area (Å²) in [4.78, 5) is 17.2. The van der Waals surface area contributed by atoms with Gasteiger partial charge in [-0.25, -0.2) is 9.18 Å². The fourth-order valence-electron chi connectivity index (χ4n) is 5.91. The molecule has 1 aliphatic rings. The molecule has 228 valence electrons. The molecule has 1 saturated heterocycles. The number of piperidine rings is 1. The van der Waals surface area contributed by atoms with Crippen LogP contribution >= 0.6 is 34.8 Å². The van der Waals surface area contributed by atoms with Crippen molar-refractivity contribution in [1.29, 1.82) is 0 Å². The van der Waals surface area contributed by atoms with Crippen molar-refractivity contribution in [3.63, 3.8) is 0 Å². The third kappa shape index (κ3) is 6.07. The topological polar surface area (TPSA) is 70.5 Å². The van der Waals surface area contributed by atoms with Gasteiger partial charge in [-0.05, 0) is 100.0 Å². The molecule has 3 heterocycles. The highest BCUT2D eigenvalue weighted by molar-refractivity contribution is 6.33. The van der Waals surface area contributed by atoms with E-state index in [9.17, 15) is 14.3 Å². The molecule has 2 aromatic heterocycles. The minimum Gasteiger partial charge on any atom is -0.444 e. The summed E-state index contributed by atoms with van der Waals surface area (Å²) in [6.45, 7) is 6.24. The zero-order chi connectivity index (χ0) is 31.3. The molecule has 1 fully saturated rings. The van der Waals surface area contributed by atoms with E-state index in [0.29, 0.717) is 28.0 Å². The van der Waals surface area contributed by atoms with Crippen molar-refractivity contribution in [1.82, 2.24) is 14.5 Å². The summed E-state index contributed by atoms with van der Waals surface area (Å²) in [5, 5.41) is 16.7. The van der Waals surface area contributed by atoms with Crippen LogP contribution in [0.3, 0.4) is 0 Å². The Morgan fingerprint density at radius 2 is 1.36 bits per heavy atom. The number of aromatic nitrogens is 2. The first-order valence-corrected chi connectivity index (χ1v) is 15.4. The second kappa shape index (κ2) is 11.8. The number of ether oxygens (including phenoxy) is 1. The maximum atomic E-state index is 13.1. The van der Waals surface area contributed by atoms with Crippen molar-refractivity contribution in [3.8, 4) is 0 Å². The number of fused-ring (bicyclic) bond motifs is 6. The van der Waals surface area contributed by atoms with Gasteiger partial charge in [-0.3, -0.25) is 0 Å². The fourth-order valence-corrected chi connectivity index (χ4v) is 6.43. The Morgan fingerprint density at radius 1 is 0.841 bits per heavy atom. The Balaban J connectivity index is 0.000000190. The number of nitrogens with one attached hydrogen (secondary N) is 1. The standard InChI is InChI=1S/C22H24Cl2N2O3.C12H7ClFN/c1-22(2,3)29-21(28)25-9-8-19(20(27)12-25)26-17-6-4-13(23)10-15(17)16-11-14(24)5-7-18(16)26;13-7-1-3-11-9(5-7)10-6-8(14)2-4-12(10)15-11/h4-7,10-11,19-20,27H,8-9,12H2,1-3H3;1-6,15H/t19-,20-;/m0./s1. The van der Waals surface area contributed by atoms with Gasteiger partial charge >= 0.3 is 6.09 Å². The van der Waals surface area contributed by atoms with E-state index in [1.54, 1.807) is 11.0 Å². The average molecular weight is 655 g/mol. The van der Waals surface area contributed by atoms with E-state index in [1.807, 2.05) is 75.4 Å². The van der Waals surface area contributed by atoms with E-state index in [4.69, 9.17) is 39.5 Å². The number of nitrogens with zero attached hydrogens (tertiary/aromatic N) is 2. The number of carbonyl (C=O) groups is 1. The first-order valence-electron chi connectivity index (χ1n) is 14.3. The predicted molar refractivity (Wildman–Crippen MR) is 178 cm³/mol. The summed E-state index contributed by atoms with van der Waals surface area (Å²) in [6, 6.07) is 21.6. The summed E-state index contributed by atoms with van der Waals surface area (Å²) in [7, 11) is 0. The molecule has 0 unspecified atom stereocenters. The Labute approximate surface area is 268 Å². The van der Waals surface area contributed by atoms with Crippen molar-refractivity contribution < 1.29 is 19.0 Å². The van der Waals surface area contributed by atoms with E-state index >= 15 is 0 Å². The number of rotatable bonds is 1. The summed E-state index contributed by atoms with van der Waals surface area (Å²) < 4.78 is 20.7. The average Bonchev–Trinajstić information content (AvgIpc) is 3.46. The summed E-state index contributed by atoms with van der Waals surface area (Å²) in [6.07, 6.45) is -0.498.